The molecule has 0 unspecified atom stereocenters. The van der Waals surface area contributed by atoms with Crippen molar-refractivity contribution in [3.8, 4) is 16.9 Å². The first-order valence-electron chi connectivity index (χ1n) is 8.04. The number of aryl methyl sites for hydroxylation is 1. The normalized spacial score (nSPS) is 18.9. The summed E-state index contributed by atoms with van der Waals surface area (Å²) in [6.07, 6.45) is 3.21. The van der Waals surface area contributed by atoms with Crippen molar-refractivity contribution < 1.29 is 18.3 Å². The first-order chi connectivity index (χ1) is 11.9. The van der Waals surface area contributed by atoms with Crippen molar-refractivity contribution in [3.05, 3.63) is 36.7 Å². The zero-order chi connectivity index (χ0) is 17.9. The lowest BCUT2D eigenvalue weighted by atomic mass is 10.1. The van der Waals surface area contributed by atoms with Gasteiger partial charge < -0.3 is 10.1 Å². The van der Waals surface area contributed by atoms with Crippen molar-refractivity contribution in [1.82, 2.24) is 20.4 Å². The van der Waals surface area contributed by atoms with Gasteiger partial charge in [-0.1, -0.05) is 12.1 Å². The summed E-state index contributed by atoms with van der Waals surface area (Å²) in [4.78, 5) is 11.8. The Balaban J connectivity index is 1.46. The van der Waals surface area contributed by atoms with E-state index in [1.54, 1.807) is 10.9 Å². The summed E-state index contributed by atoms with van der Waals surface area (Å²) in [5.74, 6) is -2.57. The van der Waals surface area contributed by atoms with Crippen LogP contribution in [0, 0.1) is 0 Å². The molecular formula is C17H20F2N4O2. The highest BCUT2D eigenvalue weighted by atomic mass is 19.3. The van der Waals surface area contributed by atoms with Gasteiger partial charge in [-0.25, -0.2) is 8.78 Å². The first kappa shape index (κ1) is 17.3. The number of benzene rings is 1. The van der Waals surface area contributed by atoms with E-state index in [0.717, 1.165) is 11.1 Å². The largest absolute Gasteiger partial charge is 0.492 e. The molecule has 25 heavy (non-hydrogen) atoms. The Morgan fingerprint density at radius 1 is 1.48 bits per heavy atom. The highest BCUT2D eigenvalue weighted by molar-refractivity contribution is 5.82. The molecule has 1 amide bonds. The van der Waals surface area contributed by atoms with Crippen LogP contribution < -0.4 is 15.4 Å². The number of ether oxygens (including phenoxy) is 1. The predicted molar refractivity (Wildman–Crippen MR) is 88.5 cm³/mol. The lowest BCUT2D eigenvalue weighted by molar-refractivity contribution is -0.123. The molecule has 2 aromatic rings. The molecule has 6 nitrogen and oxygen atoms in total. The van der Waals surface area contributed by atoms with Gasteiger partial charge in [-0.05, 0) is 17.7 Å². The van der Waals surface area contributed by atoms with E-state index in [2.05, 4.69) is 15.7 Å². The Bertz CT molecular complexity index is 748. The lowest BCUT2D eigenvalue weighted by Crippen LogP contribution is -2.41. The van der Waals surface area contributed by atoms with Gasteiger partial charge in [-0.2, -0.15) is 5.10 Å². The van der Waals surface area contributed by atoms with Gasteiger partial charge in [0.05, 0.1) is 25.3 Å². The van der Waals surface area contributed by atoms with Crippen LogP contribution in [0.15, 0.2) is 36.7 Å². The lowest BCUT2D eigenvalue weighted by Gasteiger charge is -2.12. The van der Waals surface area contributed by atoms with Gasteiger partial charge in [0.25, 0.3) is 5.92 Å². The Morgan fingerprint density at radius 3 is 3.00 bits per heavy atom. The van der Waals surface area contributed by atoms with Crippen molar-refractivity contribution in [3.63, 3.8) is 0 Å². The third-order valence-corrected chi connectivity index (χ3v) is 3.97. The summed E-state index contributed by atoms with van der Waals surface area (Å²) in [6.45, 7) is 0.0494. The fraction of sp³-hybridized carbons (Fsp3) is 0.412. The van der Waals surface area contributed by atoms with Crippen molar-refractivity contribution in [2.24, 2.45) is 7.05 Å². The molecule has 0 radical (unpaired) electrons. The minimum atomic E-state index is -2.81. The van der Waals surface area contributed by atoms with Crippen molar-refractivity contribution in [1.29, 1.82) is 0 Å². The van der Waals surface area contributed by atoms with Crippen molar-refractivity contribution in [2.45, 2.75) is 18.4 Å². The van der Waals surface area contributed by atoms with E-state index < -0.39 is 30.8 Å². The van der Waals surface area contributed by atoms with Gasteiger partial charge in [0.1, 0.15) is 12.4 Å². The molecule has 134 valence electrons. The van der Waals surface area contributed by atoms with E-state index in [1.165, 1.54) is 0 Å². The van der Waals surface area contributed by atoms with E-state index >= 15 is 0 Å². The summed E-state index contributed by atoms with van der Waals surface area (Å²) in [7, 11) is 1.85. The molecule has 1 aromatic carbocycles. The first-order valence-corrected chi connectivity index (χ1v) is 8.04. The highest BCUT2D eigenvalue weighted by Gasteiger charge is 2.42. The van der Waals surface area contributed by atoms with Gasteiger partial charge in [0.2, 0.25) is 5.91 Å². The van der Waals surface area contributed by atoms with E-state index in [9.17, 15) is 13.6 Å². The minimum absolute atomic E-state index is 0.250. The number of alkyl halides is 2. The van der Waals surface area contributed by atoms with Crippen molar-refractivity contribution >= 4 is 5.91 Å². The molecule has 1 atom stereocenters. The molecule has 1 aromatic heterocycles. The second-order valence-electron chi connectivity index (χ2n) is 6.06. The summed E-state index contributed by atoms with van der Waals surface area (Å²) in [6, 6.07) is 6.70. The molecule has 8 heteroatoms. The topological polar surface area (TPSA) is 68.2 Å². The van der Waals surface area contributed by atoms with Gasteiger partial charge >= 0.3 is 0 Å². The Morgan fingerprint density at radius 2 is 2.32 bits per heavy atom. The Labute approximate surface area is 144 Å². The van der Waals surface area contributed by atoms with E-state index in [4.69, 9.17) is 4.74 Å². The fourth-order valence-corrected chi connectivity index (χ4v) is 2.70. The molecule has 0 bridgehead atoms. The summed E-state index contributed by atoms with van der Waals surface area (Å²) < 4.78 is 33.5. The SMILES string of the molecule is Cn1cc(-c2cccc(OCCNC(=O)[C@@H]3CC(F)(F)CN3)c2)cn1. The van der Waals surface area contributed by atoms with E-state index in [0.29, 0.717) is 5.75 Å². The number of rotatable bonds is 6. The molecule has 1 saturated heterocycles. The van der Waals surface area contributed by atoms with E-state index in [-0.39, 0.29) is 13.2 Å². The molecular weight excluding hydrogens is 330 g/mol. The molecule has 0 saturated carbocycles. The molecule has 0 spiro atoms. The van der Waals surface area contributed by atoms with Gasteiger partial charge in [-0.3, -0.25) is 14.8 Å². The number of carbonyl (C=O) groups excluding carboxylic acids is 1. The molecule has 3 rings (SSSR count). The Kier molecular flexibility index (Phi) is 4.98. The summed E-state index contributed by atoms with van der Waals surface area (Å²) in [5, 5.41) is 9.27. The molecule has 1 aliphatic rings. The maximum atomic E-state index is 13.1. The highest BCUT2D eigenvalue weighted by Crippen LogP contribution is 2.25. The van der Waals surface area contributed by atoms with Crippen LogP contribution >= 0.6 is 0 Å². The van der Waals surface area contributed by atoms with Gasteiger partial charge in [0, 0.05) is 25.2 Å². The van der Waals surface area contributed by atoms with E-state index in [1.807, 2.05) is 37.5 Å². The van der Waals surface area contributed by atoms with Crippen LogP contribution in [0.2, 0.25) is 0 Å². The number of nitrogens with zero attached hydrogens (tertiary/aromatic N) is 2. The third kappa shape index (κ3) is 4.54. The maximum Gasteiger partial charge on any atom is 0.262 e. The second kappa shape index (κ2) is 7.18. The van der Waals surface area contributed by atoms with Crippen LogP contribution in [0.5, 0.6) is 5.75 Å². The molecule has 1 aliphatic heterocycles. The average molecular weight is 350 g/mol. The predicted octanol–water partition coefficient (Wildman–Crippen LogP) is 1.58. The number of carbonyl (C=O) groups is 1. The van der Waals surface area contributed by atoms with Crippen LogP contribution in [0.4, 0.5) is 8.78 Å². The van der Waals surface area contributed by atoms with Crippen LogP contribution in [-0.2, 0) is 11.8 Å². The zero-order valence-electron chi connectivity index (χ0n) is 13.8. The van der Waals surface area contributed by atoms with Gasteiger partial charge in [-0.15, -0.1) is 0 Å². The van der Waals surface area contributed by atoms with Crippen LogP contribution in [0.3, 0.4) is 0 Å². The monoisotopic (exact) mass is 350 g/mol. The number of nitrogens with one attached hydrogen (secondary N) is 2. The van der Waals surface area contributed by atoms with Crippen molar-refractivity contribution in [2.75, 3.05) is 19.7 Å². The van der Waals surface area contributed by atoms with Crippen LogP contribution in [0.1, 0.15) is 6.42 Å². The smallest absolute Gasteiger partial charge is 0.262 e. The molecule has 1 fully saturated rings. The number of hydrogen-bond donors (Lipinski definition) is 2. The Hall–Kier alpha value is -2.48. The van der Waals surface area contributed by atoms with Crippen LogP contribution in [-0.4, -0.2) is 47.3 Å². The molecule has 2 N–H and O–H groups in total. The average Bonchev–Trinajstić information content (AvgIpc) is 3.17. The van der Waals surface area contributed by atoms with Gasteiger partial charge in [0.15, 0.2) is 0 Å². The summed E-state index contributed by atoms with van der Waals surface area (Å²) >= 11 is 0. The fourth-order valence-electron chi connectivity index (χ4n) is 2.70. The number of halogens is 2. The summed E-state index contributed by atoms with van der Waals surface area (Å²) in [5.41, 5.74) is 1.96. The quantitative estimate of drug-likeness (QED) is 0.777. The second-order valence-corrected chi connectivity index (χ2v) is 6.06. The third-order valence-electron chi connectivity index (χ3n) is 3.97. The zero-order valence-corrected chi connectivity index (χ0v) is 13.8. The molecule has 0 aliphatic carbocycles. The number of amides is 1. The maximum absolute atomic E-state index is 13.1. The molecule has 2 heterocycles. The standard InChI is InChI=1S/C17H20F2N4O2/c1-23-10-13(9-22-23)12-3-2-4-14(7-12)25-6-5-20-16(24)15-8-17(18,19)11-21-15/h2-4,7,9-10,15,21H,5-6,8,11H2,1H3,(H,20,24)/t15-/m0/s1. The number of hydrogen-bond acceptors (Lipinski definition) is 4. The minimum Gasteiger partial charge on any atom is -0.492 e. The number of aromatic nitrogens is 2. The van der Waals surface area contributed by atoms with Crippen LogP contribution in [0.25, 0.3) is 11.1 Å².